The second-order valence-corrected chi connectivity index (χ2v) is 7.62. The van der Waals surface area contributed by atoms with Crippen molar-refractivity contribution in [1.82, 2.24) is 9.91 Å². The molecule has 2 aromatic rings. The molecule has 0 spiro atoms. The molecule has 4 rings (SSSR count). The molecule has 130 valence electrons. The highest BCUT2D eigenvalue weighted by molar-refractivity contribution is 7.10. The van der Waals surface area contributed by atoms with Crippen LogP contribution in [-0.2, 0) is 11.2 Å². The Bertz CT molecular complexity index is 783. The van der Waals surface area contributed by atoms with Crippen molar-refractivity contribution < 1.29 is 4.79 Å². The zero-order chi connectivity index (χ0) is 17.2. The van der Waals surface area contributed by atoms with Gasteiger partial charge in [-0.3, -0.25) is 9.69 Å². The fourth-order valence-corrected chi connectivity index (χ4v) is 4.77. The molecule has 1 amide bonds. The van der Waals surface area contributed by atoms with E-state index in [9.17, 15) is 4.79 Å². The third-order valence-electron chi connectivity index (χ3n) is 5.13. The average molecular weight is 353 g/mol. The van der Waals surface area contributed by atoms with E-state index in [1.54, 1.807) is 5.01 Å². The number of amides is 1. The van der Waals surface area contributed by atoms with Crippen LogP contribution in [-0.4, -0.2) is 41.2 Å². The number of carbonyl (C=O) groups excluding carboxylic acids is 1. The lowest BCUT2D eigenvalue weighted by Gasteiger charge is -2.35. The first-order chi connectivity index (χ1) is 12.3. The summed E-state index contributed by atoms with van der Waals surface area (Å²) >= 11 is 1.84. The molecular weight excluding hydrogens is 330 g/mol. The lowest BCUT2D eigenvalue weighted by atomic mass is 9.98. The first kappa shape index (κ1) is 16.5. The molecule has 4 nitrogen and oxygen atoms in total. The van der Waals surface area contributed by atoms with Crippen molar-refractivity contribution in [2.45, 2.75) is 32.2 Å². The van der Waals surface area contributed by atoms with Crippen LogP contribution in [0.3, 0.4) is 0 Å². The second-order valence-electron chi connectivity index (χ2n) is 6.62. The number of nitrogens with zero attached hydrogens (tertiary/aromatic N) is 3. The fraction of sp³-hybridized carbons (Fsp3) is 0.400. The van der Waals surface area contributed by atoms with Crippen LogP contribution >= 0.6 is 11.3 Å². The minimum Gasteiger partial charge on any atom is -0.287 e. The van der Waals surface area contributed by atoms with E-state index in [1.165, 1.54) is 10.4 Å². The first-order valence-corrected chi connectivity index (χ1v) is 9.88. The molecule has 1 aromatic carbocycles. The molecule has 0 radical (unpaired) electrons. The number of fused-ring (bicyclic) bond motifs is 1. The predicted octanol–water partition coefficient (Wildman–Crippen LogP) is 3.69. The van der Waals surface area contributed by atoms with Gasteiger partial charge in [0.05, 0.1) is 18.8 Å². The highest BCUT2D eigenvalue weighted by atomic mass is 32.1. The number of rotatable bonds is 4. The third kappa shape index (κ3) is 3.26. The van der Waals surface area contributed by atoms with E-state index in [1.807, 2.05) is 29.5 Å². The summed E-state index contributed by atoms with van der Waals surface area (Å²) < 4.78 is 0. The number of benzene rings is 1. The number of hydrazone groups is 1. The van der Waals surface area contributed by atoms with Gasteiger partial charge in [0.25, 0.3) is 5.91 Å². The molecule has 0 saturated carbocycles. The molecule has 1 atom stereocenters. The van der Waals surface area contributed by atoms with Gasteiger partial charge in [0.2, 0.25) is 0 Å². The smallest absolute Gasteiger partial charge is 0.256 e. The molecule has 0 N–H and O–H groups in total. The monoisotopic (exact) mass is 353 g/mol. The molecule has 5 heteroatoms. The van der Waals surface area contributed by atoms with E-state index < -0.39 is 0 Å². The Morgan fingerprint density at radius 2 is 2.04 bits per heavy atom. The van der Waals surface area contributed by atoms with Crippen molar-refractivity contribution in [3.8, 4) is 0 Å². The van der Waals surface area contributed by atoms with Crippen molar-refractivity contribution in [3.63, 3.8) is 0 Å². The van der Waals surface area contributed by atoms with Crippen molar-refractivity contribution in [2.75, 3.05) is 19.6 Å². The number of carbonyl (C=O) groups is 1. The van der Waals surface area contributed by atoms with Crippen molar-refractivity contribution in [3.05, 3.63) is 57.8 Å². The molecule has 1 unspecified atom stereocenters. The molecule has 0 aliphatic carbocycles. The van der Waals surface area contributed by atoms with E-state index in [2.05, 4.69) is 40.5 Å². The topological polar surface area (TPSA) is 35.9 Å². The molecular formula is C20H23N3OS. The minimum atomic E-state index is 0.114. The summed E-state index contributed by atoms with van der Waals surface area (Å²) in [5.74, 6) is 0.114. The maximum atomic E-state index is 12.8. The maximum Gasteiger partial charge on any atom is 0.256 e. The lowest BCUT2D eigenvalue weighted by molar-refractivity contribution is -0.132. The molecule has 3 heterocycles. The van der Waals surface area contributed by atoms with E-state index in [4.69, 9.17) is 0 Å². The Morgan fingerprint density at radius 3 is 2.84 bits per heavy atom. The van der Waals surface area contributed by atoms with Crippen molar-refractivity contribution >= 4 is 23.0 Å². The van der Waals surface area contributed by atoms with Gasteiger partial charge in [-0.25, -0.2) is 5.01 Å². The van der Waals surface area contributed by atoms with Gasteiger partial charge in [-0.1, -0.05) is 37.3 Å². The van der Waals surface area contributed by atoms with E-state index in [-0.39, 0.29) is 5.91 Å². The maximum absolute atomic E-state index is 12.8. The Morgan fingerprint density at radius 1 is 1.20 bits per heavy atom. The van der Waals surface area contributed by atoms with E-state index >= 15 is 0 Å². The number of hydrogen-bond acceptors (Lipinski definition) is 4. The summed E-state index contributed by atoms with van der Waals surface area (Å²) in [6, 6.07) is 12.7. The number of hydrogen-bond donors (Lipinski definition) is 0. The molecule has 25 heavy (non-hydrogen) atoms. The van der Waals surface area contributed by atoms with Gasteiger partial charge in [-0.15, -0.1) is 11.3 Å². The number of thiophene rings is 1. The molecule has 1 aromatic heterocycles. The Hall–Kier alpha value is -1.98. The van der Waals surface area contributed by atoms with Crippen molar-refractivity contribution in [2.24, 2.45) is 5.10 Å². The van der Waals surface area contributed by atoms with Crippen LogP contribution in [0.4, 0.5) is 0 Å². The Balaban J connectivity index is 1.45. The highest BCUT2D eigenvalue weighted by Crippen LogP contribution is 2.35. The summed E-state index contributed by atoms with van der Waals surface area (Å²) in [4.78, 5) is 16.6. The molecule has 2 aliphatic rings. The van der Waals surface area contributed by atoms with Crippen molar-refractivity contribution in [1.29, 1.82) is 0 Å². The quantitative estimate of drug-likeness (QED) is 0.840. The second kappa shape index (κ2) is 7.10. The SMILES string of the molecule is CCC1c2ccsc2CCN1CC(=O)N1CCC(c2ccccc2)=N1. The zero-order valence-electron chi connectivity index (χ0n) is 14.5. The summed E-state index contributed by atoms with van der Waals surface area (Å²) in [7, 11) is 0. The Kier molecular flexibility index (Phi) is 4.68. The van der Waals surface area contributed by atoms with Crippen LogP contribution in [0.15, 0.2) is 46.9 Å². The van der Waals surface area contributed by atoms with Gasteiger partial charge < -0.3 is 0 Å². The first-order valence-electron chi connectivity index (χ1n) is 9.00. The zero-order valence-corrected chi connectivity index (χ0v) is 15.3. The standard InChI is InChI=1S/C20H23N3OS/c1-2-18-16-10-13-25-19(16)9-11-22(18)14-20(24)23-12-8-17(21-23)15-6-4-3-5-7-15/h3-7,10,13,18H,2,8-9,11-12,14H2,1H3. The summed E-state index contributed by atoms with van der Waals surface area (Å²) in [5.41, 5.74) is 3.55. The average Bonchev–Trinajstić information content (AvgIpc) is 3.32. The van der Waals surface area contributed by atoms with Gasteiger partial charge in [-0.05, 0) is 35.4 Å². The van der Waals surface area contributed by atoms with Crippen LogP contribution in [0, 0.1) is 0 Å². The Labute approximate surface area is 152 Å². The highest BCUT2D eigenvalue weighted by Gasteiger charge is 2.30. The van der Waals surface area contributed by atoms with E-state index in [0.717, 1.165) is 37.1 Å². The molecule has 2 aliphatic heterocycles. The van der Waals surface area contributed by atoms with Crippen LogP contribution in [0.5, 0.6) is 0 Å². The van der Waals surface area contributed by atoms with Crippen LogP contribution in [0.25, 0.3) is 0 Å². The summed E-state index contributed by atoms with van der Waals surface area (Å²) in [6.45, 7) is 4.31. The molecule has 0 bridgehead atoms. The van der Waals surface area contributed by atoms with Crippen LogP contribution < -0.4 is 0 Å². The molecule has 0 saturated heterocycles. The fourth-order valence-electron chi connectivity index (χ4n) is 3.84. The summed E-state index contributed by atoms with van der Waals surface area (Å²) in [6.07, 6.45) is 2.92. The minimum absolute atomic E-state index is 0.114. The van der Waals surface area contributed by atoms with Gasteiger partial charge >= 0.3 is 0 Å². The predicted molar refractivity (Wildman–Crippen MR) is 102 cm³/mol. The van der Waals surface area contributed by atoms with Crippen LogP contribution in [0.1, 0.15) is 41.8 Å². The van der Waals surface area contributed by atoms with E-state index in [0.29, 0.717) is 19.1 Å². The lowest BCUT2D eigenvalue weighted by Crippen LogP contribution is -2.42. The summed E-state index contributed by atoms with van der Waals surface area (Å²) in [5, 5.41) is 8.43. The van der Waals surface area contributed by atoms with Crippen LogP contribution in [0.2, 0.25) is 0 Å². The normalized spacial score (nSPS) is 20.4. The van der Waals surface area contributed by atoms with Gasteiger partial charge in [0.1, 0.15) is 0 Å². The van der Waals surface area contributed by atoms with Gasteiger partial charge in [0.15, 0.2) is 0 Å². The van der Waals surface area contributed by atoms with Gasteiger partial charge in [-0.2, -0.15) is 5.10 Å². The molecule has 0 fully saturated rings. The van der Waals surface area contributed by atoms with Gasteiger partial charge in [0, 0.05) is 23.9 Å². The third-order valence-corrected chi connectivity index (χ3v) is 6.12. The largest absolute Gasteiger partial charge is 0.287 e.